The molecular formula is C16H23N5O2S. The Kier molecular flexibility index (Phi) is 4.96. The molecule has 1 fully saturated rings. The van der Waals surface area contributed by atoms with Crippen LogP contribution in [0, 0.1) is 0 Å². The second-order valence-electron chi connectivity index (χ2n) is 6.28. The minimum Gasteiger partial charge on any atom is -0.295 e. The highest BCUT2D eigenvalue weighted by Crippen LogP contribution is 2.20. The van der Waals surface area contributed by atoms with Gasteiger partial charge in [-0.3, -0.25) is 9.88 Å². The van der Waals surface area contributed by atoms with Crippen LogP contribution in [0.3, 0.4) is 0 Å². The lowest BCUT2D eigenvalue weighted by atomic mass is 10.2. The van der Waals surface area contributed by atoms with E-state index in [-0.39, 0.29) is 17.5 Å². The van der Waals surface area contributed by atoms with Crippen LogP contribution in [-0.2, 0) is 22.9 Å². The van der Waals surface area contributed by atoms with Gasteiger partial charge >= 0.3 is 0 Å². The molecule has 0 amide bonds. The molecule has 3 heterocycles. The molecule has 1 atom stereocenters. The summed E-state index contributed by atoms with van der Waals surface area (Å²) < 4.78 is 25.3. The van der Waals surface area contributed by atoms with Crippen molar-refractivity contribution in [2.45, 2.75) is 38.9 Å². The van der Waals surface area contributed by atoms with Crippen molar-refractivity contribution in [3.63, 3.8) is 0 Å². The second kappa shape index (κ2) is 6.98. The molecular weight excluding hydrogens is 326 g/mol. The third-order valence-corrected chi connectivity index (χ3v) is 6.10. The Labute approximate surface area is 142 Å². The van der Waals surface area contributed by atoms with Gasteiger partial charge in [-0.25, -0.2) is 18.1 Å². The molecule has 0 aromatic carbocycles. The summed E-state index contributed by atoms with van der Waals surface area (Å²) in [6, 6.07) is 3.84. The molecule has 130 valence electrons. The summed E-state index contributed by atoms with van der Waals surface area (Å²) in [6.45, 7) is 3.49. The number of hydrogen-bond acceptors (Lipinski definition) is 6. The van der Waals surface area contributed by atoms with Gasteiger partial charge in [0.2, 0.25) is 0 Å². The van der Waals surface area contributed by atoms with Crippen LogP contribution in [0.4, 0.5) is 0 Å². The standard InChI is InChI=1S/C16H23N5O2S/c1-3-9-21-15(11-20(2)14-6-10-24(22,23)12-14)18-16(19-21)13-4-7-17-8-5-13/h4-5,7-8,14H,3,6,9-12H2,1-2H3/t14-/m0/s1. The van der Waals surface area contributed by atoms with Crippen LogP contribution in [0.15, 0.2) is 24.5 Å². The fourth-order valence-corrected chi connectivity index (χ4v) is 4.79. The first-order valence-corrected chi connectivity index (χ1v) is 10.1. The van der Waals surface area contributed by atoms with Gasteiger partial charge in [-0.1, -0.05) is 6.92 Å². The maximum atomic E-state index is 11.7. The summed E-state index contributed by atoms with van der Waals surface area (Å²) >= 11 is 0. The van der Waals surface area contributed by atoms with Crippen LogP contribution in [-0.4, -0.2) is 57.7 Å². The molecule has 1 saturated heterocycles. The minimum absolute atomic E-state index is 0.0613. The van der Waals surface area contributed by atoms with Crippen molar-refractivity contribution in [2.24, 2.45) is 0 Å². The molecule has 0 spiro atoms. The lowest BCUT2D eigenvalue weighted by molar-refractivity contribution is 0.242. The van der Waals surface area contributed by atoms with Crippen molar-refractivity contribution >= 4 is 9.84 Å². The van der Waals surface area contributed by atoms with Crippen molar-refractivity contribution in [1.82, 2.24) is 24.6 Å². The number of nitrogens with zero attached hydrogens (tertiary/aromatic N) is 5. The fourth-order valence-electron chi connectivity index (χ4n) is 2.98. The average molecular weight is 349 g/mol. The molecule has 2 aromatic heterocycles. The summed E-state index contributed by atoms with van der Waals surface area (Å²) in [5.74, 6) is 2.08. The monoisotopic (exact) mass is 349 g/mol. The molecule has 1 aliphatic heterocycles. The molecule has 7 nitrogen and oxygen atoms in total. The summed E-state index contributed by atoms with van der Waals surface area (Å²) in [5, 5.41) is 4.61. The number of sulfone groups is 1. The summed E-state index contributed by atoms with van der Waals surface area (Å²) in [5.41, 5.74) is 0.937. The quantitative estimate of drug-likeness (QED) is 0.783. The van der Waals surface area contributed by atoms with E-state index in [1.165, 1.54) is 0 Å². The van der Waals surface area contributed by atoms with Crippen LogP contribution in [0.1, 0.15) is 25.6 Å². The van der Waals surface area contributed by atoms with E-state index < -0.39 is 9.84 Å². The highest BCUT2D eigenvalue weighted by molar-refractivity contribution is 7.91. The molecule has 0 N–H and O–H groups in total. The van der Waals surface area contributed by atoms with E-state index in [1.54, 1.807) is 12.4 Å². The topological polar surface area (TPSA) is 81.0 Å². The van der Waals surface area contributed by atoms with Gasteiger partial charge < -0.3 is 0 Å². The van der Waals surface area contributed by atoms with E-state index in [9.17, 15) is 8.42 Å². The lowest BCUT2D eigenvalue weighted by Gasteiger charge is -2.22. The molecule has 0 saturated carbocycles. The zero-order valence-electron chi connectivity index (χ0n) is 14.1. The summed E-state index contributed by atoms with van der Waals surface area (Å²) in [7, 11) is -0.921. The van der Waals surface area contributed by atoms with E-state index in [4.69, 9.17) is 0 Å². The van der Waals surface area contributed by atoms with Crippen LogP contribution >= 0.6 is 0 Å². The van der Waals surface area contributed by atoms with Gasteiger partial charge in [-0.15, -0.1) is 0 Å². The molecule has 24 heavy (non-hydrogen) atoms. The molecule has 3 rings (SSSR count). The van der Waals surface area contributed by atoms with Crippen molar-refractivity contribution in [2.75, 3.05) is 18.6 Å². The molecule has 8 heteroatoms. The number of pyridine rings is 1. The number of hydrogen-bond donors (Lipinski definition) is 0. The molecule has 2 aromatic rings. The Hall–Kier alpha value is -1.80. The number of aryl methyl sites for hydroxylation is 1. The maximum Gasteiger partial charge on any atom is 0.181 e. The molecule has 0 radical (unpaired) electrons. The van der Waals surface area contributed by atoms with Crippen LogP contribution in [0.5, 0.6) is 0 Å². The predicted octanol–water partition coefficient (Wildman–Crippen LogP) is 1.37. The summed E-state index contributed by atoms with van der Waals surface area (Å²) in [4.78, 5) is 10.8. The average Bonchev–Trinajstić information content (AvgIpc) is 3.12. The first-order valence-electron chi connectivity index (χ1n) is 8.23. The smallest absolute Gasteiger partial charge is 0.181 e. The van der Waals surface area contributed by atoms with Crippen LogP contribution < -0.4 is 0 Å². The molecule has 0 unspecified atom stereocenters. The van der Waals surface area contributed by atoms with Gasteiger partial charge in [-0.05, 0) is 32.0 Å². The Balaban J connectivity index is 1.80. The van der Waals surface area contributed by atoms with Gasteiger partial charge in [0.05, 0.1) is 18.1 Å². The molecule has 1 aliphatic rings. The number of rotatable bonds is 6. The first-order chi connectivity index (χ1) is 11.5. The largest absolute Gasteiger partial charge is 0.295 e. The van der Waals surface area contributed by atoms with E-state index >= 15 is 0 Å². The van der Waals surface area contributed by atoms with Crippen LogP contribution in [0.2, 0.25) is 0 Å². The summed E-state index contributed by atoms with van der Waals surface area (Å²) in [6.07, 6.45) is 5.11. The zero-order valence-corrected chi connectivity index (χ0v) is 14.9. The van der Waals surface area contributed by atoms with Gasteiger partial charge in [0.1, 0.15) is 5.82 Å². The highest BCUT2D eigenvalue weighted by atomic mass is 32.2. The third kappa shape index (κ3) is 3.81. The van der Waals surface area contributed by atoms with Crippen molar-refractivity contribution < 1.29 is 8.42 Å². The van der Waals surface area contributed by atoms with Crippen molar-refractivity contribution in [3.05, 3.63) is 30.4 Å². The Bertz CT molecular complexity index is 788. The zero-order chi connectivity index (χ0) is 17.2. The Morgan fingerprint density at radius 1 is 1.33 bits per heavy atom. The SMILES string of the molecule is CCCn1nc(-c2ccncc2)nc1CN(C)[C@H]1CCS(=O)(=O)C1. The maximum absolute atomic E-state index is 11.7. The van der Waals surface area contributed by atoms with E-state index in [1.807, 2.05) is 23.9 Å². The van der Waals surface area contributed by atoms with Gasteiger partial charge in [0.15, 0.2) is 15.7 Å². The Morgan fingerprint density at radius 2 is 2.08 bits per heavy atom. The normalized spacial score (nSPS) is 19.9. The molecule has 0 aliphatic carbocycles. The molecule has 0 bridgehead atoms. The van der Waals surface area contributed by atoms with Gasteiger partial charge in [0.25, 0.3) is 0 Å². The van der Waals surface area contributed by atoms with Crippen LogP contribution in [0.25, 0.3) is 11.4 Å². The van der Waals surface area contributed by atoms with E-state index in [0.29, 0.717) is 18.8 Å². The Morgan fingerprint density at radius 3 is 2.71 bits per heavy atom. The lowest BCUT2D eigenvalue weighted by Crippen LogP contribution is -2.33. The van der Waals surface area contributed by atoms with E-state index in [2.05, 4.69) is 26.9 Å². The van der Waals surface area contributed by atoms with Crippen molar-refractivity contribution in [1.29, 1.82) is 0 Å². The number of aromatic nitrogens is 4. The minimum atomic E-state index is -2.88. The van der Waals surface area contributed by atoms with Gasteiger partial charge in [0, 0.05) is 30.5 Å². The predicted molar refractivity (Wildman–Crippen MR) is 92.1 cm³/mol. The fraction of sp³-hybridized carbons (Fsp3) is 0.562. The van der Waals surface area contributed by atoms with E-state index in [0.717, 1.165) is 24.4 Å². The highest BCUT2D eigenvalue weighted by Gasteiger charge is 2.31. The van der Waals surface area contributed by atoms with Gasteiger partial charge in [-0.2, -0.15) is 5.10 Å². The second-order valence-corrected chi connectivity index (χ2v) is 8.51. The van der Waals surface area contributed by atoms with Crippen molar-refractivity contribution in [3.8, 4) is 11.4 Å². The first kappa shape index (κ1) is 17.0. The third-order valence-electron chi connectivity index (χ3n) is 4.34.